The van der Waals surface area contributed by atoms with Gasteiger partial charge in [0, 0.05) is 5.56 Å². The van der Waals surface area contributed by atoms with E-state index in [4.69, 9.17) is 9.84 Å². The lowest BCUT2D eigenvalue weighted by Crippen LogP contribution is -2.09. The van der Waals surface area contributed by atoms with Crippen LogP contribution >= 0.6 is 0 Å². The van der Waals surface area contributed by atoms with E-state index >= 15 is 0 Å². The summed E-state index contributed by atoms with van der Waals surface area (Å²) in [6.45, 7) is -0.478. The van der Waals surface area contributed by atoms with Crippen LogP contribution in [0, 0.1) is 0 Å². The summed E-state index contributed by atoms with van der Waals surface area (Å²) in [5.74, 6) is -0.847. The molecule has 14 heavy (non-hydrogen) atoms. The Morgan fingerprint density at radius 3 is 2.36 bits per heavy atom. The molecule has 1 rings (SSSR count). The fraction of sp³-hybridized carbons (Fsp3) is 0.222. The van der Waals surface area contributed by atoms with E-state index in [-0.39, 0.29) is 11.3 Å². The van der Waals surface area contributed by atoms with Gasteiger partial charge in [0.2, 0.25) is 0 Å². The van der Waals surface area contributed by atoms with Crippen LogP contribution in [-0.4, -0.2) is 17.7 Å². The highest BCUT2D eigenvalue weighted by Crippen LogP contribution is 2.21. The largest absolute Gasteiger partial charge is 0.482 e. The highest BCUT2D eigenvalue weighted by Gasteiger charge is 2.06. The molecule has 1 aromatic carbocycles. The highest BCUT2D eigenvalue weighted by atomic mass is 19.3. The maximum absolute atomic E-state index is 12.1. The predicted octanol–water partition coefficient (Wildman–Crippen LogP) is 2.09. The molecule has 0 unspecified atom stereocenters. The molecule has 0 aliphatic heterocycles. The molecule has 0 amide bonds. The van der Waals surface area contributed by atoms with Crippen LogP contribution in [0.15, 0.2) is 24.3 Å². The number of hydrogen-bond acceptors (Lipinski definition) is 2. The van der Waals surface area contributed by atoms with Gasteiger partial charge in [-0.3, -0.25) is 0 Å². The van der Waals surface area contributed by atoms with Crippen molar-refractivity contribution in [3.8, 4) is 5.75 Å². The van der Waals surface area contributed by atoms with E-state index < -0.39 is 19.0 Å². The van der Waals surface area contributed by atoms with Gasteiger partial charge >= 0.3 is 5.97 Å². The number of carbonyl (C=O) groups is 1. The number of carboxylic acid groups (broad SMARTS) is 1. The molecular weight excluding hydrogens is 194 g/mol. The van der Waals surface area contributed by atoms with E-state index in [9.17, 15) is 13.6 Å². The van der Waals surface area contributed by atoms with E-state index in [1.165, 1.54) is 24.3 Å². The second-order valence-corrected chi connectivity index (χ2v) is 2.55. The smallest absolute Gasteiger partial charge is 0.341 e. The Balaban J connectivity index is 2.59. The zero-order valence-electron chi connectivity index (χ0n) is 7.11. The summed E-state index contributed by atoms with van der Waals surface area (Å²) in [5.41, 5.74) is -0.118. The molecular formula is C9H8F2O3. The molecule has 1 aromatic rings. The van der Waals surface area contributed by atoms with Crippen LogP contribution < -0.4 is 4.74 Å². The van der Waals surface area contributed by atoms with Gasteiger partial charge in [0.25, 0.3) is 6.43 Å². The third-order valence-electron chi connectivity index (χ3n) is 1.49. The minimum absolute atomic E-state index is 0.118. The Morgan fingerprint density at radius 2 is 1.93 bits per heavy atom. The van der Waals surface area contributed by atoms with E-state index in [0.29, 0.717) is 0 Å². The van der Waals surface area contributed by atoms with Gasteiger partial charge in [0.15, 0.2) is 6.61 Å². The molecule has 0 fully saturated rings. The van der Waals surface area contributed by atoms with Crippen molar-refractivity contribution in [2.75, 3.05) is 6.61 Å². The Morgan fingerprint density at radius 1 is 1.36 bits per heavy atom. The lowest BCUT2D eigenvalue weighted by atomic mass is 10.2. The van der Waals surface area contributed by atoms with Crippen molar-refractivity contribution < 1.29 is 23.4 Å². The number of hydrogen-bond donors (Lipinski definition) is 1. The monoisotopic (exact) mass is 202 g/mol. The number of aliphatic carboxylic acids is 1. The number of rotatable bonds is 4. The van der Waals surface area contributed by atoms with Crippen LogP contribution in [0.4, 0.5) is 8.78 Å². The van der Waals surface area contributed by atoms with E-state index in [1.807, 2.05) is 0 Å². The fourth-order valence-corrected chi connectivity index (χ4v) is 0.855. The quantitative estimate of drug-likeness (QED) is 0.813. The number of benzene rings is 1. The molecule has 76 valence electrons. The number of carboxylic acids is 1. The molecule has 1 N–H and O–H groups in total. The molecule has 0 saturated carbocycles. The Kier molecular flexibility index (Phi) is 3.39. The van der Waals surface area contributed by atoms with Gasteiger partial charge in [-0.1, -0.05) is 0 Å². The van der Waals surface area contributed by atoms with Crippen LogP contribution in [0.3, 0.4) is 0 Å². The summed E-state index contributed by atoms with van der Waals surface area (Å²) < 4.78 is 28.9. The molecule has 0 aliphatic rings. The van der Waals surface area contributed by atoms with Crippen LogP contribution in [0.2, 0.25) is 0 Å². The van der Waals surface area contributed by atoms with Gasteiger partial charge in [-0.05, 0) is 24.3 Å². The van der Waals surface area contributed by atoms with Crippen LogP contribution in [0.5, 0.6) is 5.75 Å². The first-order valence-corrected chi connectivity index (χ1v) is 3.82. The molecule has 0 spiro atoms. The fourth-order valence-electron chi connectivity index (χ4n) is 0.855. The molecule has 0 aliphatic carbocycles. The molecule has 0 atom stereocenters. The van der Waals surface area contributed by atoms with Gasteiger partial charge in [0.05, 0.1) is 0 Å². The average Bonchev–Trinajstić information content (AvgIpc) is 2.15. The normalized spacial score (nSPS) is 10.2. The van der Waals surface area contributed by atoms with E-state index in [1.54, 1.807) is 0 Å². The minimum Gasteiger partial charge on any atom is -0.482 e. The first-order chi connectivity index (χ1) is 6.59. The Bertz CT molecular complexity index is 308. The number of alkyl halides is 2. The molecule has 0 heterocycles. The topological polar surface area (TPSA) is 46.5 Å². The Labute approximate surface area is 78.9 Å². The lowest BCUT2D eigenvalue weighted by Gasteiger charge is -2.03. The Hall–Kier alpha value is -1.65. The zero-order chi connectivity index (χ0) is 10.6. The second kappa shape index (κ2) is 4.55. The van der Waals surface area contributed by atoms with Gasteiger partial charge in [-0.15, -0.1) is 0 Å². The van der Waals surface area contributed by atoms with Crippen molar-refractivity contribution in [1.82, 2.24) is 0 Å². The SMILES string of the molecule is O=C(O)COc1ccc(C(F)F)cc1. The number of ether oxygens (including phenoxy) is 1. The average molecular weight is 202 g/mol. The lowest BCUT2D eigenvalue weighted by molar-refractivity contribution is -0.139. The van der Waals surface area contributed by atoms with E-state index in [0.717, 1.165) is 0 Å². The van der Waals surface area contributed by atoms with E-state index in [2.05, 4.69) is 0 Å². The maximum atomic E-state index is 12.1. The van der Waals surface area contributed by atoms with Crippen molar-refractivity contribution in [3.63, 3.8) is 0 Å². The summed E-state index contributed by atoms with van der Waals surface area (Å²) in [4.78, 5) is 10.1. The highest BCUT2D eigenvalue weighted by molar-refractivity contribution is 5.68. The summed E-state index contributed by atoms with van der Waals surface area (Å²) >= 11 is 0. The maximum Gasteiger partial charge on any atom is 0.341 e. The van der Waals surface area contributed by atoms with Gasteiger partial charge in [0.1, 0.15) is 5.75 Å². The van der Waals surface area contributed by atoms with Crippen LogP contribution in [-0.2, 0) is 4.79 Å². The minimum atomic E-state index is -2.52. The van der Waals surface area contributed by atoms with Crippen molar-refractivity contribution in [2.24, 2.45) is 0 Å². The molecule has 5 heteroatoms. The van der Waals surface area contributed by atoms with Crippen molar-refractivity contribution >= 4 is 5.97 Å². The second-order valence-electron chi connectivity index (χ2n) is 2.55. The summed E-state index contributed by atoms with van der Waals surface area (Å²) in [7, 11) is 0. The standard InChI is InChI=1S/C9H8F2O3/c10-9(11)6-1-3-7(4-2-6)14-5-8(12)13/h1-4,9H,5H2,(H,12,13). The summed E-state index contributed by atoms with van der Waals surface area (Å²) in [5, 5.41) is 8.27. The number of halogens is 2. The summed E-state index contributed by atoms with van der Waals surface area (Å²) in [6.07, 6.45) is -2.52. The summed E-state index contributed by atoms with van der Waals surface area (Å²) in [6, 6.07) is 5.01. The molecule has 3 nitrogen and oxygen atoms in total. The van der Waals surface area contributed by atoms with Crippen molar-refractivity contribution in [3.05, 3.63) is 29.8 Å². The van der Waals surface area contributed by atoms with Crippen LogP contribution in [0.1, 0.15) is 12.0 Å². The first kappa shape index (κ1) is 10.4. The first-order valence-electron chi connectivity index (χ1n) is 3.82. The van der Waals surface area contributed by atoms with Crippen molar-refractivity contribution in [1.29, 1.82) is 0 Å². The van der Waals surface area contributed by atoms with Gasteiger partial charge in [-0.25, -0.2) is 13.6 Å². The predicted molar refractivity (Wildman–Crippen MR) is 44.5 cm³/mol. The van der Waals surface area contributed by atoms with Crippen LogP contribution in [0.25, 0.3) is 0 Å². The molecule has 0 aromatic heterocycles. The third kappa shape index (κ3) is 3.01. The third-order valence-corrected chi connectivity index (χ3v) is 1.49. The van der Waals surface area contributed by atoms with Crippen molar-refractivity contribution in [2.45, 2.75) is 6.43 Å². The van der Waals surface area contributed by atoms with Gasteiger partial charge < -0.3 is 9.84 Å². The molecule has 0 saturated heterocycles. The van der Waals surface area contributed by atoms with Gasteiger partial charge in [-0.2, -0.15) is 0 Å². The molecule has 0 bridgehead atoms. The zero-order valence-corrected chi connectivity index (χ0v) is 7.11. The molecule has 0 radical (unpaired) electrons.